The lowest BCUT2D eigenvalue weighted by Gasteiger charge is -2.13. The number of ether oxygens (including phenoxy) is 1. The van der Waals surface area contributed by atoms with Gasteiger partial charge in [-0.1, -0.05) is 0 Å². The van der Waals surface area contributed by atoms with Crippen LogP contribution in [-0.4, -0.2) is 29.5 Å². The predicted octanol–water partition coefficient (Wildman–Crippen LogP) is 3.49. The molecule has 1 N–H and O–H groups in total. The Hall–Kier alpha value is -2.32. The average molecular weight is 477 g/mol. The predicted molar refractivity (Wildman–Crippen MR) is 91.7 cm³/mol. The highest BCUT2D eigenvalue weighted by Gasteiger charge is 2.33. The number of rotatable bonds is 6. The minimum absolute atomic E-state index is 0.286. The van der Waals surface area contributed by atoms with Crippen molar-refractivity contribution in [2.45, 2.75) is 28.9 Å². The molecule has 0 amide bonds. The van der Waals surface area contributed by atoms with E-state index in [2.05, 4.69) is 4.74 Å². The van der Waals surface area contributed by atoms with Crippen LogP contribution < -0.4 is 9.46 Å². The summed E-state index contributed by atoms with van der Waals surface area (Å²) in [5.41, 5.74) is -1.57. The van der Waals surface area contributed by atoms with Crippen molar-refractivity contribution < 1.29 is 47.9 Å². The third-order valence-electron chi connectivity index (χ3n) is 3.56. The first-order valence-corrected chi connectivity index (χ1v) is 11.1. The van der Waals surface area contributed by atoms with E-state index in [9.17, 15) is 43.2 Å². The van der Waals surface area contributed by atoms with Crippen molar-refractivity contribution in [1.29, 1.82) is 0 Å². The average Bonchev–Trinajstić information content (AvgIpc) is 2.57. The first kappa shape index (κ1) is 24.0. The van der Waals surface area contributed by atoms with Crippen molar-refractivity contribution in [3.8, 4) is 5.75 Å². The molecule has 0 fully saturated rings. The largest absolute Gasteiger partial charge is 0.573 e. The Morgan fingerprint density at radius 1 is 0.867 bits per heavy atom. The molecule has 2 rings (SSSR count). The summed E-state index contributed by atoms with van der Waals surface area (Å²) in [6.45, 7) is -0.699. The summed E-state index contributed by atoms with van der Waals surface area (Å²) in [7, 11) is -8.35. The van der Waals surface area contributed by atoms with Gasteiger partial charge in [0, 0.05) is 12.8 Å². The van der Waals surface area contributed by atoms with E-state index in [1.54, 1.807) is 0 Å². The molecule has 0 unspecified atom stereocenters. The lowest BCUT2D eigenvalue weighted by atomic mass is 10.1. The number of sulfonamides is 1. The van der Waals surface area contributed by atoms with Crippen LogP contribution in [0.3, 0.4) is 0 Å². The normalized spacial score (nSPS) is 13.3. The molecule has 6 nitrogen and oxygen atoms in total. The Balaban J connectivity index is 2.27. The Morgan fingerprint density at radius 2 is 1.43 bits per heavy atom. The van der Waals surface area contributed by atoms with Crippen molar-refractivity contribution in [2.75, 3.05) is 6.26 Å². The van der Waals surface area contributed by atoms with E-state index in [0.29, 0.717) is 18.4 Å². The van der Waals surface area contributed by atoms with Gasteiger partial charge in [0.2, 0.25) is 10.0 Å². The van der Waals surface area contributed by atoms with Crippen LogP contribution in [-0.2, 0) is 32.6 Å². The molecule has 166 valence electrons. The van der Waals surface area contributed by atoms with Gasteiger partial charge in [0.15, 0.2) is 9.84 Å². The molecule has 0 bridgehead atoms. The molecular formula is C16H13F6NO5S2. The van der Waals surface area contributed by atoms with Crippen LogP contribution in [0.5, 0.6) is 5.75 Å². The molecule has 0 aliphatic carbocycles. The van der Waals surface area contributed by atoms with Gasteiger partial charge in [-0.05, 0) is 48.0 Å². The Kier molecular flexibility index (Phi) is 6.45. The minimum atomic E-state index is -4.97. The second kappa shape index (κ2) is 8.07. The number of hydrogen-bond acceptors (Lipinski definition) is 5. The van der Waals surface area contributed by atoms with Crippen LogP contribution in [0.15, 0.2) is 52.3 Å². The van der Waals surface area contributed by atoms with E-state index < -0.39 is 60.0 Å². The third kappa shape index (κ3) is 6.60. The minimum Gasteiger partial charge on any atom is -0.406 e. The van der Waals surface area contributed by atoms with Gasteiger partial charge in [-0.2, -0.15) is 13.2 Å². The van der Waals surface area contributed by atoms with Crippen LogP contribution >= 0.6 is 0 Å². The van der Waals surface area contributed by atoms with Crippen LogP contribution in [0.1, 0.15) is 11.1 Å². The van der Waals surface area contributed by atoms with Gasteiger partial charge in [0.1, 0.15) is 5.75 Å². The third-order valence-corrected chi connectivity index (χ3v) is 6.06. The zero-order chi connectivity index (χ0) is 23.0. The second-order valence-electron chi connectivity index (χ2n) is 5.98. The Labute approximate surface area is 167 Å². The summed E-state index contributed by atoms with van der Waals surface area (Å²) < 4.78 is 129. The zero-order valence-corrected chi connectivity index (χ0v) is 16.5. The van der Waals surface area contributed by atoms with Gasteiger partial charge in [-0.25, -0.2) is 21.6 Å². The maximum absolute atomic E-state index is 13.0. The Morgan fingerprint density at radius 3 is 1.90 bits per heavy atom. The smallest absolute Gasteiger partial charge is 0.406 e. The van der Waals surface area contributed by atoms with E-state index >= 15 is 0 Å². The quantitative estimate of drug-likeness (QED) is 0.644. The number of hydrogen-bond donors (Lipinski definition) is 1. The molecular weight excluding hydrogens is 464 g/mol. The molecule has 2 aromatic rings. The molecule has 0 saturated heterocycles. The number of alkyl halides is 6. The van der Waals surface area contributed by atoms with Crippen molar-refractivity contribution in [1.82, 2.24) is 4.72 Å². The number of benzene rings is 2. The molecule has 30 heavy (non-hydrogen) atoms. The van der Waals surface area contributed by atoms with Gasteiger partial charge < -0.3 is 4.74 Å². The summed E-state index contributed by atoms with van der Waals surface area (Å²) in [4.78, 5) is -1.13. The van der Waals surface area contributed by atoms with E-state index in [1.807, 2.05) is 4.72 Å². The lowest BCUT2D eigenvalue weighted by molar-refractivity contribution is -0.274. The first-order chi connectivity index (χ1) is 13.5. The molecule has 0 aliphatic rings. The molecule has 0 aliphatic heterocycles. The maximum Gasteiger partial charge on any atom is 0.573 e. The summed E-state index contributed by atoms with van der Waals surface area (Å²) >= 11 is 0. The summed E-state index contributed by atoms with van der Waals surface area (Å²) in [5.74, 6) is -0.669. The van der Waals surface area contributed by atoms with Gasteiger partial charge in [0.05, 0.1) is 15.4 Å². The highest BCUT2D eigenvalue weighted by atomic mass is 32.2. The molecule has 14 heteroatoms. The monoisotopic (exact) mass is 477 g/mol. The van der Waals surface area contributed by atoms with Crippen molar-refractivity contribution >= 4 is 19.9 Å². The highest BCUT2D eigenvalue weighted by Crippen LogP contribution is 2.32. The number of nitrogens with one attached hydrogen (secondary N) is 1. The van der Waals surface area contributed by atoms with Crippen LogP contribution in [0, 0.1) is 0 Å². The zero-order valence-electron chi connectivity index (χ0n) is 14.9. The molecule has 0 saturated carbocycles. The first-order valence-electron chi connectivity index (χ1n) is 7.74. The van der Waals surface area contributed by atoms with Gasteiger partial charge >= 0.3 is 12.5 Å². The van der Waals surface area contributed by atoms with Crippen LogP contribution in [0.4, 0.5) is 26.3 Å². The van der Waals surface area contributed by atoms with Gasteiger partial charge in [-0.15, -0.1) is 13.2 Å². The molecule has 0 aromatic heterocycles. The SMILES string of the molecule is CS(=O)(=O)c1cc(CNS(=O)(=O)c2ccc(OC(F)(F)F)cc2)cc(C(F)(F)F)c1. The van der Waals surface area contributed by atoms with Gasteiger partial charge in [0.25, 0.3) is 0 Å². The van der Waals surface area contributed by atoms with Crippen molar-refractivity contribution in [3.05, 3.63) is 53.6 Å². The van der Waals surface area contributed by atoms with Crippen LogP contribution in [0.25, 0.3) is 0 Å². The molecule has 0 spiro atoms. The number of sulfone groups is 1. The maximum atomic E-state index is 13.0. The highest BCUT2D eigenvalue weighted by molar-refractivity contribution is 7.90. The second-order valence-corrected chi connectivity index (χ2v) is 9.76. The fraction of sp³-hybridized carbons (Fsp3) is 0.250. The van der Waals surface area contributed by atoms with Crippen molar-refractivity contribution in [2.24, 2.45) is 0 Å². The molecule has 2 aromatic carbocycles. The number of halogens is 6. The summed E-state index contributed by atoms with van der Waals surface area (Å²) in [6.07, 6.45) is -9.15. The topological polar surface area (TPSA) is 89.5 Å². The lowest BCUT2D eigenvalue weighted by Crippen LogP contribution is -2.24. The fourth-order valence-corrected chi connectivity index (χ4v) is 3.95. The van der Waals surface area contributed by atoms with Crippen molar-refractivity contribution in [3.63, 3.8) is 0 Å². The molecule has 0 atom stereocenters. The summed E-state index contributed by atoms with van der Waals surface area (Å²) in [6, 6.07) is 4.98. The van der Waals surface area contributed by atoms with Crippen LogP contribution in [0.2, 0.25) is 0 Å². The molecule has 0 radical (unpaired) electrons. The van der Waals surface area contributed by atoms with E-state index in [-0.39, 0.29) is 5.56 Å². The standard InChI is InChI=1S/C16H13F6NO5S2/c1-29(24,25)14-7-10(6-11(8-14)15(17,18)19)9-23-30(26,27)13-4-2-12(3-5-13)28-16(20,21)22/h2-8,23H,9H2,1H3. The summed E-state index contributed by atoms with van der Waals surface area (Å²) in [5, 5.41) is 0. The van der Waals surface area contributed by atoms with Gasteiger partial charge in [-0.3, -0.25) is 0 Å². The fourth-order valence-electron chi connectivity index (χ4n) is 2.22. The van der Waals surface area contributed by atoms with E-state index in [4.69, 9.17) is 0 Å². The van der Waals surface area contributed by atoms with E-state index in [0.717, 1.165) is 30.3 Å². The Bertz CT molecular complexity index is 1120. The molecule has 0 heterocycles. The van der Waals surface area contributed by atoms with E-state index in [1.165, 1.54) is 0 Å².